The third-order valence-corrected chi connectivity index (χ3v) is 6.73. The zero-order valence-corrected chi connectivity index (χ0v) is 19.9. The summed E-state index contributed by atoms with van der Waals surface area (Å²) in [5, 5.41) is 4.30. The molecule has 3 rings (SSSR count). The normalized spacial score (nSPS) is 11.3. The molecule has 2 heterocycles. The smallest absolute Gasteiger partial charge is 0.349 e. The van der Waals surface area contributed by atoms with Crippen molar-refractivity contribution in [2.75, 3.05) is 7.11 Å². The molecule has 3 aromatic rings. The number of nitrogens with one attached hydrogen (secondary N) is 1. The third-order valence-electron chi connectivity index (χ3n) is 4.43. The zero-order chi connectivity index (χ0) is 24.0. The molecule has 0 aliphatic heterocycles. The van der Waals surface area contributed by atoms with Crippen LogP contribution in [0.4, 0.5) is 4.79 Å². The number of benzene rings is 1. The molecule has 11 heteroatoms. The van der Waals surface area contributed by atoms with Crippen molar-refractivity contribution in [3.05, 3.63) is 70.3 Å². The first-order valence-corrected chi connectivity index (χ1v) is 12.3. The van der Waals surface area contributed by atoms with Crippen molar-refractivity contribution >= 4 is 33.5 Å². The van der Waals surface area contributed by atoms with Crippen molar-refractivity contribution in [3.8, 4) is 5.75 Å². The van der Waals surface area contributed by atoms with E-state index >= 15 is 0 Å². The molecule has 0 atom stereocenters. The van der Waals surface area contributed by atoms with Gasteiger partial charge in [-0.3, -0.25) is 0 Å². The van der Waals surface area contributed by atoms with E-state index in [0.29, 0.717) is 11.3 Å². The zero-order valence-electron chi connectivity index (χ0n) is 18.3. The largest absolute Gasteiger partial charge is 0.467 e. The summed E-state index contributed by atoms with van der Waals surface area (Å²) in [6.45, 7) is 3.90. The molecular formula is C22H24N2O7S2. The van der Waals surface area contributed by atoms with Crippen LogP contribution < -0.4 is 9.50 Å². The van der Waals surface area contributed by atoms with Crippen LogP contribution in [0.1, 0.15) is 34.8 Å². The summed E-state index contributed by atoms with van der Waals surface area (Å²) in [7, 11) is -3.16. The summed E-state index contributed by atoms with van der Waals surface area (Å²) >= 11 is 0.941. The number of urea groups is 1. The van der Waals surface area contributed by atoms with Crippen molar-refractivity contribution < 1.29 is 31.3 Å². The third kappa shape index (κ3) is 6.14. The Labute approximate surface area is 196 Å². The molecule has 1 N–H and O–H groups in total. The second-order valence-electron chi connectivity index (χ2n) is 7.29. The lowest BCUT2D eigenvalue weighted by molar-refractivity contribution is 0.0602. The van der Waals surface area contributed by atoms with Crippen molar-refractivity contribution in [2.24, 2.45) is 0 Å². The second kappa shape index (κ2) is 10.5. The molecule has 176 valence electrons. The van der Waals surface area contributed by atoms with E-state index in [1.165, 1.54) is 35.8 Å². The number of ether oxygens (including phenoxy) is 1. The van der Waals surface area contributed by atoms with Crippen LogP contribution in [-0.4, -0.2) is 38.5 Å². The van der Waals surface area contributed by atoms with Gasteiger partial charge in [0.05, 0.1) is 26.5 Å². The van der Waals surface area contributed by atoms with E-state index in [1.54, 1.807) is 30.3 Å². The summed E-state index contributed by atoms with van der Waals surface area (Å²) in [6, 6.07) is 10.8. The van der Waals surface area contributed by atoms with Crippen molar-refractivity contribution in [1.29, 1.82) is 0 Å². The number of carbonyl (C=O) groups is 2. The van der Waals surface area contributed by atoms with Gasteiger partial charge in [-0.05, 0) is 43.5 Å². The number of methoxy groups -OCH3 is 1. The molecule has 2 amide bonds. The molecule has 33 heavy (non-hydrogen) atoms. The molecule has 0 aliphatic carbocycles. The van der Waals surface area contributed by atoms with Gasteiger partial charge < -0.3 is 23.6 Å². The van der Waals surface area contributed by atoms with Crippen LogP contribution >= 0.6 is 11.3 Å². The van der Waals surface area contributed by atoms with Crippen LogP contribution in [0.25, 0.3) is 0 Å². The molecule has 0 fully saturated rings. The van der Waals surface area contributed by atoms with Crippen LogP contribution in [0.3, 0.4) is 0 Å². The molecule has 0 saturated carbocycles. The summed E-state index contributed by atoms with van der Waals surface area (Å²) in [5.41, 5.74) is 0.460. The molecule has 0 bridgehead atoms. The first-order chi connectivity index (χ1) is 15.7. The molecule has 0 saturated heterocycles. The quantitative estimate of drug-likeness (QED) is 0.354. The van der Waals surface area contributed by atoms with Gasteiger partial charge in [0.2, 0.25) is 0 Å². The highest BCUT2D eigenvalue weighted by molar-refractivity contribution is 7.87. The Kier molecular flexibility index (Phi) is 7.77. The monoisotopic (exact) mass is 492 g/mol. The maximum absolute atomic E-state index is 12.9. The Hall–Kier alpha value is -3.31. The highest BCUT2D eigenvalue weighted by atomic mass is 32.2. The molecule has 0 aliphatic rings. The Morgan fingerprint density at radius 3 is 2.55 bits per heavy atom. The number of para-hydroxylation sites is 1. The Morgan fingerprint density at radius 1 is 1.12 bits per heavy atom. The van der Waals surface area contributed by atoms with E-state index in [4.69, 9.17) is 8.60 Å². The second-order valence-corrected chi connectivity index (χ2v) is 9.72. The molecule has 0 spiro atoms. The predicted molar refractivity (Wildman–Crippen MR) is 122 cm³/mol. The van der Waals surface area contributed by atoms with Gasteiger partial charge in [0.25, 0.3) is 0 Å². The molecule has 2 aromatic heterocycles. The van der Waals surface area contributed by atoms with E-state index in [9.17, 15) is 18.0 Å². The minimum absolute atomic E-state index is 0.0429. The number of hydrogen-bond donors (Lipinski definition) is 1. The summed E-state index contributed by atoms with van der Waals surface area (Å²) < 4.78 is 41.3. The Bertz CT molecular complexity index is 1200. The van der Waals surface area contributed by atoms with Crippen LogP contribution in [0.2, 0.25) is 0 Å². The Morgan fingerprint density at radius 2 is 1.88 bits per heavy atom. The maximum Gasteiger partial charge on any atom is 0.349 e. The van der Waals surface area contributed by atoms with Gasteiger partial charge in [0, 0.05) is 11.6 Å². The number of esters is 1. The van der Waals surface area contributed by atoms with Crippen molar-refractivity contribution in [3.63, 3.8) is 0 Å². The first-order valence-electron chi connectivity index (χ1n) is 9.97. The van der Waals surface area contributed by atoms with E-state index in [-0.39, 0.29) is 40.7 Å². The molecule has 1 aromatic carbocycles. The van der Waals surface area contributed by atoms with Gasteiger partial charge >= 0.3 is 22.1 Å². The standard InChI is InChI=1S/C22H24N2O7S2/c1-15(2)23-22(26)24(14-17-8-6-11-30-17)13-16-7-4-5-9-18(16)31-33(27,28)19-10-12-32-20(19)21(25)29-3/h4-12,15H,13-14H2,1-3H3,(H,23,26). The number of amides is 2. The summed E-state index contributed by atoms with van der Waals surface area (Å²) in [4.78, 5) is 25.8. The fraction of sp³-hybridized carbons (Fsp3) is 0.273. The number of thiophene rings is 1. The number of rotatable bonds is 9. The fourth-order valence-electron chi connectivity index (χ4n) is 2.95. The molecule has 0 unspecified atom stereocenters. The lowest BCUT2D eigenvalue weighted by Gasteiger charge is -2.24. The highest BCUT2D eigenvalue weighted by Crippen LogP contribution is 2.29. The van der Waals surface area contributed by atoms with Crippen LogP contribution in [0.5, 0.6) is 5.75 Å². The van der Waals surface area contributed by atoms with Gasteiger partial charge in [0.1, 0.15) is 21.3 Å². The average Bonchev–Trinajstić information content (AvgIpc) is 3.45. The predicted octanol–water partition coefficient (Wildman–Crippen LogP) is 4.02. The van der Waals surface area contributed by atoms with Crippen LogP contribution in [0, 0.1) is 0 Å². The van der Waals surface area contributed by atoms with Gasteiger partial charge in [-0.15, -0.1) is 11.3 Å². The van der Waals surface area contributed by atoms with Gasteiger partial charge in [-0.1, -0.05) is 18.2 Å². The van der Waals surface area contributed by atoms with Gasteiger partial charge in [-0.25, -0.2) is 9.59 Å². The number of hydrogen-bond acceptors (Lipinski definition) is 8. The van der Waals surface area contributed by atoms with E-state index < -0.39 is 16.1 Å². The van der Waals surface area contributed by atoms with Crippen molar-refractivity contribution in [2.45, 2.75) is 37.9 Å². The number of furan rings is 1. The topological polar surface area (TPSA) is 115 Å². The minimum atomic E-state index is -4.33. The number of carbonyl (C=O) groups excluding carboxylic acids is 2. The van der Waals surface area contributed by atoms with Gasteiger partial charge in [0.15, 0.2) is 0 Å². The first kappa shape index (κ1) is 24.3. The lowest BCUT2D eigenvalue weighted by atomic mass is 10.2. The summed E-state index contributed by atoms with van der Waals surface area (Å²) in [6.07, 6.45) is 1.51. The fourth-order valence-corrected chi connectivity index (χ4v) is 5.22. The molecule has 0 radical (unpaired) electrons. The minimum Gasteiger partial charge on any atom is -0.467 e. The van der Waals surface area contributed by atoms with E-state index in [0.717, 1.165) is 11.3 Å². The van der Waals surface area contributed by atoms with Crippen LogP contribution in [0.15, 0.2) is 63.4 Å². The van der Waals surface area contributed by atoms with Gasteiger partial charge in [-0.2, -0.15) is 8.42 Å². The highest BCUT2D eigenvalue weighted by Gasteiger charge is 2.28. The maximum atomic E-state index is 12.9. The Balaban J connectivity index is 1.89. The number of nitrogens with zero attached hydrogens (tertiary/aromatic N) is 1. The van der Waals surface area contributed by atoms with E-state index in [2.05, 4.69) is 10.1 Å². The van der Waals surface area contributed by atoms with Crippen molar-refractivity contribution in [1.82, 2.24) is 10.2 Å². The molecular weight excluding hydrogens is 468 g/mol. The summed E-state index contributed by atoms with van der Waals surface area (Å²) in [5.74, 6) is -0.155. The SMILES string of the molecule is COC(=O)c1sccc1S(=O)(=O)Oc1ccccc1CN(Cc1ccco1)C(=O)NC(C)C. The van der Waals surface area contributed by atoms with E-state index in [1.807, 2.05) is 13.8 Å². The average molecular weight is 493 g/mol. The lowest BCUT2D eigenvalue weighted by Crippen LogP contribution is -2.42. The molecule has 9 nitrogen and oxygen atoms in total. The van der Waals surface area contributed by atoms with Crippen LogP contribution in [-0.2, 0) is 27.9 Å².